The monoisotopic (exact) mass is 239 g/mol. The third-order valence-corrected chi connectivity index (χ3v) is 3.49. The molecular weight excluding hydrogens is 222 g/mol. The molecule has 0 spiro atoms. The van der Waals surface area contributed by atoms with Gasteiger partial charge in [-0.1, -0.05) is 38.3 Å². The van der Waals surface area contributed by atoms with E-state index >= 15 is 0 Å². The lowest BCUT2D eigenvalue weighted by molar-refractivity contribution is 1.50. The van der Waals surface area contributed by atoms with Crippen LogP contribution in [0.5, 0.6) is 0 Å². The Kier molecular flexibility index (Phi) is 8.05. The Bertz CT molecular complexity index is 337. The minimum atomic E-state index is 0.942. The molecule has 0 unspecified atom stereocenters. The third-order valence-electron chi connectivity index (χ3n) is 1.37. The smallest absolute Gasteiger partial charge is 0.115 e. The van der Waals surface area contributed by atoms with Gasteiger partial charge in [-0.05, 0) is 31.2 Å². The molecular formula is C12H17NS2. The Morgan fingerprint density at radius 3 is 2.60 bits per heavy atom. The van der Waals surface area contributed by atoms with Crippen LogP contribution in [0.1, 0.15) is 25.6 Å². The van der Waals surface area contributed by atoms with Crippen LogP contribution < -0.4 is 0 Å². The molecule has 1 nitrogen and oxygen atoms in total. The molecule has 0 aliphatic carbocycles. The van der Waals surface area contributed by atoms with Crippen molar-refractivity contribution in [3.05, 3.63) is 35.1 Å². The Morgan fingerprint density at radius 2 is 2.13 bits per heavy atom. The molecule has 0 saturated carbocycles. The Morgan fingerprint density at radius 1 is 1.47 bits per heavy atom. The van der Waals surface area contributed by atoms with Crippen molar-refractivity contribution in [2.24, 2.45) is 4.99 Å². The number of allylic oxidation sites excluding steroid dienone is 1. The number of hydrogen-bond acceptors (Lipinski definition) is 3. The van der Waals surface area contributed by atoms with Crippen molar-refractivity contribution >= 4 is 39.7 Å². The van der Waals surface area contributed by atoms with Gasteiger partial charge in [-0.15, -0.1) is 11.3 Å². The van der Waals surface area contributed by atoms with Crippen LogP contribution in [0.25, 0.3) is 4.91 Å². The van der Waals surface area contributed by atoms with E-state index in [4.69, 9.17) is 0 Å². The van der Waals surface area contributed by atoms with Crippen LogP contribution in [0.3, 0.4) is 0 Å². The van der Waals surface area contributed by atoms with Crippen molar-refractivity contribution in [2.75, 3.05) is 0 Å². The summed E-state index contributed by atoms with van der Waals surface area (Å²) in [5, 5.41) is 2.96. The van der Waals surface area contributed by atoms with Gasteiger partial charge in [0.15, 0.2) is 0 Å². The Labute approximate surface area is 101 Å². The largest absolute Gasteiger partial charge is 0.254 e. The number of thiophene rings is 1. The molecule has 82 valence electrons. The van der Waals surface area contributed by atoms with E-state index in [9.17, 15) is 0 Å². The van der Waals surface area contributed by atoms with Gasteiger partial charge < -0.3 is 0 Å². The lowest BCUT2D eigenvalue weighted by Crippen LogP contribution is -1.64. The Hall–Kier alpha value is -0.800. The van der Waals surface area contributed by atoms with Gasteiger partial charge in [0.1, 0.15) is 5.00 Å². The van der Waals surface area contributed by atoms with Crippen LogP contribution in [-0.2, 0) is 0 Å². The highest BCUT2D eigenvalue weighted by atomic mass is 32.2. The van der Waals surface area contributed by atoms with Gasteiger partial charge in [0.05, 0.1) is 0 Å². The molecule has 0 atom stereocenters. The molecule has 0 bridgehead atoms. The fourth-order valence-corrected chi connectivity index (χ4v) is 2.20. The standard InChI is InChI=1S/C10H11NS2.C2H6/c1-4-7-12-8(2)9-5-6-10(11-3)13-9;1-2/h4-7H,2-3H2,1H3;1-2H3/b7-4-;. The molecule has 3 heteroatoms. The molecule has 0 aromatic carbocycles. The molecule has 1 aromatic rings. The third kappa shape index (κ3) is 5.00. The van der Waals surface area contributed by atoms with Crippen LogP contribution in [0.4, 0.5) is 5.00 Å². The van der Waals surface area contributed by atoms with E-state index in [1.807, 2.05) is 44.4 Å². The number of rotatable bonds is 4. The normalized spacial score (nSPS) is 9.53. The van der Waals surface area contributed by atoms with Gasteiger partial charge >= 0.3 is 0 Å². The molecule has 0 aliphatic heterocycles. The van der Waals surface area contributed by atoms with E-state index < -0.39 is 0 Å². The van der Waals surface area contributed by atoms with E-state index in [0.29, 0.717) is 0 Å². The van der Waals surface area contributed by atoms with E-state index in [2.05, 4.69) is 18.3 Å². The predicted octanol–water partition coefficient (Wildman–Crippen LogP) is 5.34. The Balaban J connectivity index is 0.000000921. The zero-order valence-corrected chi connectivity index (χ0v) is 11.1. The van der Waals surface area contributed by atoms with Crippen LogP contribution >= 0.6 is 23.1 Å². The van der Waals surface area contributed by atoms with Crippen LogP contribution in [0, 0.1) is 0 Å². The maximum Gasteiger partial charge on any atom is 0.115 e. The second-order valence-corrected chi connectivity index (χ2v) is 4.37. The van der Waals surface area contributed by atoms with Gasteiger partial charge in [0.2, 0.25) is 0 Å². The summed E-state index contributed by atoms with van der Waals surface area (Å²) in [7, 11) is 0. The summed E-state index contributed by atoms with van der Waals surface area (Å²) in [5.74, 6) is 0. The predicted molar refractivity (Wildman–Crippen MR) is 76.3 cm³/mol. The van der Waals surface area contributed by atoms with Gasteiger partial charge in [-0.25, -0.2) is 0 Å². The topological polar surface area (TPSA) is 12.4 Å². The summed E-state index contributed by atoms with van der Waals surface area (Å²) in [6.07, 6.45) is 2.00. The van der Waals surface area contributed by atoms with Crippen molar-refractivity contribution in [3.63, 3.8) is 0 Å². The van der Waals surface area contributed by atoms with Crippen molar-refractivity contribution in [1.82, 2.24) is 0 Å². The van der Waals surface area contributed by atoms with Crippen LogP contribution in [0.15, 0.2) is 35.2 Å². The maximum atomic E-state index is 3.97. The number of nitrogens with zero attached hydrogens (tertiary/aromatic N) is 1. The molecule has 1 heterocycles. The first-order valence-corrected chi connectivity index (χ1v) is 6.51. The van der Waals surface area contributed by atoms with E-state index in [1.54, 1.807) is 23.1 Å². The highest BCUT2D eigenvalue weighted by molar-refractivity contribution is 8.11. The first-order valence-electron chi connectivity index (χ1n) is 4.81. The lowest BCUT2D eigenvalue weighted by Gasteiger charge is -1.95. The average Bonchev–Trinajstić information content (AvgIpc) is 2.77. The fourth-order valence-electron chi connectivity index (χ4n) is 0.771. The van der Waals surface area contributed by atoms with E-state index in [-0.39, 0.29) is 0 Å². The summed E-state index contributed by atoms with van der Waals surface area (Å²) < 4.78 is 0. The second-order valence-electron chi connectivity index (χ2n) is 2.31. The van der Waals surface area contributed by atoms with Crippen molar-refractivity contribution in [2.45, 2.75) is 20.8 Å². The van der Waals surface area contributed by atoms with Gasteiger partial charge in [-0.2, -0.15) is 0 Å². The van der Waals surface area contributed by atoms with E-state index in [0.717, 1.165) is 14.8 Å². The van der Waals surface area contributed by atoms with Crippen LogP contribution in [0.2, 0.25) is 0 Å². The number of aliphatic imine (C=N–C) groups is 1. The zero-order valence-electron chi connectivity index (χ0n) is 9.49. The van der Waals surface area contributed by atoms with E-state index in [1.165, 1.54) is 0 Å². The first kappa shape index (κ1) is 14.2. The summed E-state index contributed by atoms with van der Waals surface area (Å²) >= 11 is 3.23. The number of hydrogen-bond donors (Lipinski definition) is 0. The molecule has 1 aromatic heterocycles. The maximum absolute atomic E-state index is 3.97. The van der Waals surface area contributed by atoms with Gasteiger partial charge in [0.25, 0.3) is 0 Å². The number of thioether (sulfide) groups is 1. The summed E-state index contributed by atoms with van der Waals surface area (Å²) in [6, 6.07) is 3.97. The van der Waals surface area contributed by atoms with Gasteiger partial charge in [0, 0.05) is 9.78 Å². The summed E-state index contributed by atoms with van der Waals surface area (Å²) in [5.41, 5.74) is 0. The fraction of sp³-hybridized carbons (Fsp3) is 0.250. The lowest BCUT2D eigenvalue weighted by atomic mass is 10.4. The van der Waals surface area contributed by atoms with Crippen LogP contribution in [-0.4, -0.2) is 6.72 Å². The van der Waals surface area contributed by atoms with Gasteiger partial charge in [-0.3, -0.25) is 4.99 Å². The molecule has 0 amide bonds. The van der Waals surface area contributed by atoms with Crippen molar-refractivity contribution in [3.8, 4) is 0 Å². The second kappa shape index (κ2) is 8.50. The average molecular weight is 239 g/mol. The minimum Gasteiger partial charge on any atom is -0.254 e. The summed E-state index contributed by atoms with van der Waals surface area (Å²) in [6.45, 7) is 13.4. The minimum absolute atomic E-state index is 0.942. The highest BCUT2D eigenvalue weighted by Gasteiger charge is 2.01. The highest BCUT2D eigenvalue weighted by Crippen LogP contribution is 2.34. The molecule has 0 saturated heterocycles. The summed E-state index contributed by atoms with van der Waals surface area (Å²) in [4.78, 5) is 6.07. The molecule has 0 aliphatic rings. The first-order chi connectivity index (χ1) is 7.27. The SMILES string of the molecule is C=Nc1ccc(C(=C)S/C=C\C)s1.CC. The zero-order chi connectivity index (χ0) is 11.7. The molecule has 0 N–H and O–H groups in total. The molecule has 1 rings (SSSR count). The molecule has 0 fully saturated rings. The molecule has 0 radical (unpaired) electrons. The molecule has 15 heavy (non-hydrogen) atoms. The van der Waals surface area contributed by atoms with Crippen molar-refractivity contribution < 1.29 is 0 Å². The van der Waals surface area contributed by atoms with Crippen molar-refractivity contribution in [1.29, 1.82) is 0 Å². The quantitative estimate of drug-likeness (QED) is 0.646.